The zero-order chi connectivity index (χ0) is 40.6. The van der Waals surface area contributed by atoms with Crippen molar-refractivity contribution in [3.8, 4) is 33.8 Å². The van der Waals surface area contributed by atoms with Crippen molar-refractivity contribution in [2.45, 2.75) is 133 Å². The highest BCUT2D eigenvalue weighted by Crippen LogP contribution is 2.48. The Kier molecular flexibility index (Phi) is 12.6. The lowest BCUT2D eigenvalue weighted by Gasteiger charge is -2.26. The SMILES string of the molecule is CC1CCCO1.COc1c(C(C)(C)C)cc2c(c1-c1cc(C)cc(C)c1)CC(C)=C2.COc1c(C(C)(C)C)cc2c(c1-c1cc(C)cc(C)c1)CC(C)C2=O. The average Bonchev–Trinajstić information content (AvgIpc) is 3.79. The van der Waals surface area contributed by atoms with Crippen molar-refractivity contribution in [1.82, 2.24) is 0 Å². The number of rotatable bonds is 4. The first-order chi connectivity index (χ1) is 25.7. The highest BCUT2D eigenvalue weighted by molar-refractivity contribution is 6.05. The van der Waals surface area contributed by atoms with Crippen molar-refractivity contribution < 1.29 is 19.0 Å². The van der Waals surface area contributed by atoms with E-state index in [0.717, 1.165) is 58.8 Å². The second kappa shape index (κ2) is 16.5. The number of carbonyl (C=O) groups is 1. The van der Waals surface area contributed by atoms with Crippen LogP contribution in [0.2, 0.25) is 0 Å². The van der Waals surface area contributed by atoms with Gasteiger partial charge in [0.15, 0.2) is 5.78 Å². The first kappa shape index (κ1) is 42.0. The molecule has 2 unspecified atom stereocenters. The molecule has 0 aromatic heterocycles. The summed E-state index contributed by atoms with van der Waals surface area (Å²) in [6.45, 7) is 29.2. The van der Waals surface area contributed by atoms with Crippen LogP contribution >= 0.6 is 0 Å². The van der Waals surface area contributed by atoms with E-state index in [9.17, 15) is 4.79 Å². The summed E-state index contributed by atoms with van der Waals surface area (Å²) < 4.78 is 17.0. The fourth-order valence-electron chi connectivity index (χ4n) is 8.56. The van der Waals surface area contributed by atoms with E-state index in [1.54, 1.807) is 14.2 Å². The number of fused-ring (bicyclic) bond motifs is 2. The number of hydrogen-bond acceptors (Lipinski definition) is 4. The van der Waals surface area contributed by atoms with Gasteiger partial charge in [-0.25, -0.2) is 0 Å². The van der Waals surface area contributed by atoms with Crippen LogP contribution in [-0.4, -0.2) is 32.7 Å². The third kappa shape index (κ3) is 9.29. The van der Waals surface area contributed by atoms with Crippen molar-refractivity contribution >= 4 is 11.9 Å². The molecule has 0 radical (unpaired) electrons. The van der Waals surface area contributed by atoms with Gasteiger partial charge in [-0.15, -0.1) is 0 Å². The van der Waals surface area contributed by atoms with E-state index >= 15 is 0 Å². The first-order valence-corrected chi connectivity index (χ1v) is 20.2. The fraction of sp³-hybridized carbons (Fsp3) is 0.471. The number of hydrogen-bond donors (Lipinski definition) is 0. The normalized spacial score (nSPS) is 17.4. The molecule has 1 saturated heterocycles. The average molecular weight is 743 g/mol. The first-order valence-electron chi connectivity index (χ1n) is 20.2. The lowest BCUT2D eigenvalue weighted by Crippen LogP contribution is -2.15. The molecule has 4 nitrogen and oxygen atoms in total. The Balaban J connectivity index is 0.000000183. The van der Waals surface area contributed by atoms with Crippen molar-refractivity contribution in [2.24, 2.45) is 5.92 Å². The van der Waals surface area contributed by atoms with Gasteiger partial charge in [0, 0.05) is 40.3 Å². The number of ketones is 1. The van der Waals surface area contributed by atoms with Crippen molar-refractivity contribution in [3.05, 3.63) is 110 Å². The van der Waals surface area contributed by atoms with Crippen molar-refractivity contribution in [3.63, 3.8) is 0 Å². The predicted octanol–water partition coefficient (Wildman–Crippen LogP) is 13.1. The van der Waals surface area contributed by atoms with Crippen molar-refractivity contribution in [2.75, 3.05) is 20.8 Å². The van der Waals surface area contributed by atoms with Gasteiger partial charge >= 0.3 is 0 Å². The van der Waals surface area contributed by atoms with Gasteiger partial charge in [-0.1, -0.05) is 119 Å². The van der Waals surface area contributed by atoms with Crippen molar-refractivity contribution in [1.29, 1.82) is 0 Å². The van der Waals surface area contributed by atoms with Crippen LogP contribution in [0.4, 0.5) is 0 Å². The minimum absolute atomic E-state index is 0.0400. The minimum Gasteiger partial charge on any atom is -0.496 e. The molecule has 2 atom stereocenters. The van der Waals surface area contributed by atoms with Gasteiger partial charge in [0.2, 0.25) is 0 Å². The summed E-state index contributed by atoms with van der Waals surface area (Å²) in [6, 6.07) is 17.8. The van der Waals surface area contributed by atoms with Crippen LogP contribution in [-0.2, 0) is 28.4 Å². The number of Topliss-reactive ketones (excluding diaryl/α,β-unsaturated/α-hetero) is 1. The molecular formula is C51H66O4. The predicted molar refractivity (Wildman–Crippen MR) is 232 cm³/mol. The molecule has 294 valence electrons. The summed E-state index contributed by atoms with van der Waals surface area (Å²) in [7, 11) is 3.54. The summed E-state index contributed by atoms with van der Waals surface area (Å²) in [5, 5.41) is 0. The molecule has 7 rings (SSSR count). The molecule has 1 fully saturated rings. The Bertz CT molecular complexity index is 2050. The monoisotopic (exact) mass is 742 g/mol. The number of carbonyl (C=O) groups excluding carboxylic acids is 1. The maximum atomic E-state index is 12.8. The highest BCUT2D eigenvalue weighted by atomic mass is 16.5. The third-order valence-corrected chi connectivity index (χ3v) is 11.1. The molecule has 1 heterocycles. The molecule has 4 aromatic rings. The Labute approximate surface area is 332 Å². The zero-order valence-corrected chi connectivity index (χ0v) is 36.5. The number of ether oxygens (including phenoxy) is 3. The van der Waals surface area contributed by atoms with Crippen LogP contribution in [0.1, 0.15) is 136 Å². The molecule has 0 bridgehead atoms. The van der Waals surface area contributed by atoms with Gasteiger partial charge in [0.25, 0.3) is 0 Å². The van der Waals surface area contributed by atoms with E-state index in [1.165, 1.54) is 68.5 Å². The summed E-state index contributed by atoms with van der Waals surface area (Å²) in [5.41, 5.74) is 18.4. The van der Waals surface area contributed by atoms with E-state index in [1.807, 2.05) is 6.92 Å². The Morgan fingerprint density at radius 3 is 1.53 bits per heavy atom. The van der Waals surface area contributed by atoms with Gasteiger partial charge in [0.05, 0.1) is 20.3 Å². The largest absolute Gasteiger partial charge is 0.496 e. The number of benzene rings is 4. The molecule has 0 N–H and O–H groups in total. The molecule has 0 saturated carbocycles. The van der Waals surface area contributed by atoms with Crippen LogP contribution in [0, 0.1) is 33.6 Å². The number of allylic oxidation sites excluding steroid dienone is 1. The van der Waals surface area contributed by atoms with E-state index in [0.29, 0.717) is 6.10 Å². The standard InChI is InChI=1S/C23H28O2.C23H28O.C5H10O/c1-13-8-14(2)10-16(9-13)20-17-11-15(3)21(24)18(17)12-19(22(20)25-7)23(4,5)6;1-14-8-15(2)11-18(10-14)21-19-12-16(3)9-17(19)13-20(22(21)24-7)23(4,5)6;1-5-3-2-4-6-5/h8-10,12,15H,11H2,1-7H3;8-11,13H,12H2,1-7H3;5H,2-4H2,1H3. The van der Waals surface area contributed by atoms with Crippen LogP contribution in [0.15, 0.2) is 54.1 Å². The molecule has 3 aliphatic rings. The van der Waals surface area contributed by atoms with E-state index in [-0.39, 0.29) is 22.5 Å². The topological polar surface area (TPSA) is 44.8 Å². The zero-order valence-electron chi connectivity index (χ0n) is 36.5. The highest BCUT2D eigenvalue weighted by Gasteiger charge is 2.35. The number of methoxy groups -OCH3 is 2. The van der Waals surface area contributed by atoms with E-state index in [4.69, 9.17) is 14.2 Å². The number of aryl methyl sites for hydroxylation is 4. The van der Waals surface area contributed by atoms with E-state index in [2.05, 4.69) is 138 Å². The molecule has 55 heavy (non-hydrogen) atoms. The molecule has 1 aliphatic heterocycles. The second-order valence-electron chi connectivity index (χ2n) is 18.5. The maximum Gasteiger partial charge on any atom is 0.166 e. The third-order valence-electron chi connectivity index (χ3n) is 11.1. The molecule has 4 heteroatoms. The summed E-state index contributed by atoms with van der Waals surface area (Å²) in [4.78, 5) is 12.8. The maximum absolute atomic E-state index is 12.8. The van der Waals surface area contributed by atoms with Crippen LogP contribution in [0.25, 0.3) is 28.3 Å². The Hall–Kier alpha value is -4.15. The minimum atomic E-state index is -0.0971. The van der Waals surface area contributed by atoms with Gasteiger partial charge in [0.1, 0.15) is 11.5 Å². The Morgan fingerprint density at radius 2 is 1.13 bits per heavy atom. The molecule has 0 amide bonds. The smallest absolute Gasteiger partial charge is 0.166 e. The van der Waals surface area contributed by atoms with Gasteiger partial charge < -0.3 is 14.2 Å². The van der Waals surface area contributed by atoms with E-state index < -0.39 is 0 Å². The summed E-state index contributed by atoms with van der Waals surface area (Å²) >= 11 is 0. The van der Waals surface area contributed by atoms with Gasteiger partial charge in [-0.2, -0.15) is 0 Å². The molecule has 2 aliphatic carbocycles. The fourth-order valence-corrected chi connectivity index (χ4v) is 8.56. The van der Waals surface area contributed by atoms with Crippen LogP contribution in [0.5, 0.6) is 11.5 Å². The van der Waals surface area contributed by atoms with Crippen LogP contribution < -0.4 is 9.47 Å². The molecule has 0 spiro atoms. The molecular weight excluding hydrogens is 677 g/mol. The molecule has 4 aromatic carbocycles. The van der Waals surface area contributed by atoms with Gasteiger partial charge in [-0.05, 0) is 118 Å². The second-order valence-corrected chi connectivity index (χ2v) is 18.5. The summed E-state index contributed by atoms with van der Waals surface area (Å²) in [5.74, 6) is 2.25. The Morgan fingerprint density at radius 1 is 0.655 bits per heavy atom. The van der Waals surface area contributed by atoms with Gasteiger partial charge in [-0.3, -0.25) is 4.79 Å². The summed E-state index contributed by atoms with van der Waals surface area (Å²) in [6.07, 6.45) is 7.21. The lowest BCUT2D eigenvalue weighted by molar-refractivity contribution is 0.0946. The van der Waals surface area contributed by atoms with Crippen LogP contribution in [0.3, 0.4) is 0 Å². The lowest BCUT2D eigenvalue weighted by atomic mass is 9.81. The quantitative estimate of drug-likeness (QED) is 0.209.